The van der Waals surface area contributed by atoms with Gasteiger partial charge in [0.1, 0.15) is 0 Å². The van der Waals surface area contributed by atoms with E-state index in [1.165, 1.54) is 22.9 Å². The second kappa shape index (κ2) is 7.54. The van der Waals surface area contributed by atoms with E-state index in [-0.39, 0.29) is 10.5 Å². The number of sulfonamides is 1. The Morgan fingerprint density at radius 3 is 2.20 bits per heavy atom. The van der Waals surface area contributed by atoms with Crippen LogP contribution in [0.1, 0.15) is 36.8 Å². The minimum atomic E-state index is -3.55. The fraction of sp³-hybridized carbons (Fsp3) is 0.421. The van der Waals surface area contributed by atoms with Crippen LogP contribution >= 0.6 is 0 Å². The molecule has 0 unspecified atom stereocenters. The first kappa shape index (κ1) is 17.9. The van der Waals surface area contributed by atoms with Crippen LogP contribution in [0.25, 0.3) is 0 Å². The fourth-order valence-corrected chi connectivity index (χ4v) is 4.64. The van der Waals surface area contributed by atoms with Gasteiger partial charge in [-0.05, 0) is 31.4 Å². The normalized spacial score (nSPS) is 16.5. The van der Waals surface area contributed by atoms with Gasteiger partial charge in [0.2, 0.25) is 10.0 Å². The molecule has 3 rings (SSSR count). The van der Waals surface area contributed by atoms with Crippen molar-refractivity contribution in [1.82, 2.24) is 8.87 Å². The Hall–Kier alpha value is -1.92. The molecule has 0 aliphatic carbocycles. The molecule has 1 saturated heterocycles. The van der Waals surface area contributed by atoms with E-state index in [9.17, 15) is 13.2 Å². The SMILES string of the molecule is Cc1ccc(Cn2cc(S(=O)(=O)N3CCCCCC3)ccc2=O)cc1. The molecule has 0 bridgehead atoms. The Kier molecular flexibility index (Phi) is 5.39. The van der Waals surface area contributed by atoms with Crippen LogP contribution in [-0.4, -0.2) is 30.4 Å². The topological polar surface area (TPSA) is 59.4 Å². The highest BCUT2D eigenvalue weighted by molar-refractivity contribution is 7.89. The second-order valence-corrected chi connectivity index (χ2v) is 8.57. The number of aryl methyl sites for hydroxylation is 1. The first-order valence-electron chi connectivity index (χ1n) is 8.73. The highest BCUT2D eigenvalue weighted by Gasteiger charge is 2.25. The number of rotatable bonds is 4. The van der Waals surface area contributed by atoms with Crippen molar-refractivity contribution in [3.63, 3.8) is 0 Å². The molecule has 0 saturated carbocycles. The monoisotopic (exact) mass is 360 g/mol. The highest BCUT2D eigenvalue weighted by Crippen LogP contribution is 2.19. The Morgan fingerprint density at radius 2 is 1.56 bits per heavy atom. The van der Waals surface area contributed by atoms with Crippen molar-refractivity contribution in [2.45, 2.75) is 44.0 Å². The molecule has 1 aromatic carbocycles. The minimum Gasteiger partial charge on any atom is -0.310 e. The van der Waals surface area contributed by atoms with E-state index < -0.39 is 10.0 Å². The molecule has 1 fully saturated rings. The molecule has 134 valence electrons. The second-order valence-electron chi connectivity index (χ2n) is 6.63. The maximum Gasteiger partial charge on any atom is 0.250 e. The summed E-state index contributed by atoms with van der Waals surface area (Å²) in [6.07, 6.45) is 5.39. The largest absolute Gasteiger partial charge is 0.310 e. The van der Waals surface area contributed by atoms with Crippen molar-refractivity contribution < 1.29 is 8.42 Å². The molecule has 25 heavy (non-hydrogen) atoms. The van der Waals surface area contributed by atoms with Crippen LogP contribution in [0.2, 0.25) is 0 Å². The number of pyridine rings is 1. The predicted octanol–water partition coefficient (Wildman–Crippen LogP) is 2.77. The van der Waals surface area contributed by atoms with Gasteiger partial charge in [-0.25, -0.2) is 8.42 Å². The van der Waals surface area contributed by atoms with Crippen molar-refractivity contribution >= 4 is 10.0 Å². The number of hydrogen-bond donors (Lipinski definition) is 0. The molecular formula is C19H24N2O3S. The lowest BCUT2D eigenvalue weighted by molar-refractivity contribution is 0.423. The van der Waals surface area contributed by atoms with E-state index in [1.807, 2.05) is 31.2 Å². The first-order chi connectivity index (χ1) is 12.0. The maximum atomic E-state index is 12.9. The Balaban J connectivity index is 1.90. The smallest absolute Gasteiger partial charge is 0.250 e. The molecule has 0 spiro atoms. The Morgan fingerprint density at radius 1 is 0.920 bits per heavy atom. The van der Waals surface area contributed by atoms with E-state index >= 15 is 0 Å². The summed E-state index contributed by atoms with van der Waals surface area (Å²) in [6.45, 7) is 3.48. The zero-order valence-electron chi connectivity index (χ0n) is 14.5. The summed E-state index contributed by atoms with van der Waals surface area (Å²) >= 11 is 0. The molecule has 2 heterocycles. The van der Waals surface area contributed by atoms with Crippen LogP contribution in [0.4, 0.5) is 0 Å². The lowest BCUT2D eigenvalue weighted by Gasteiger charge is -2.20. The van der Waals surface area contributed by atoms with Crippen LogP contribution in [0.15, 0.2) is 52.3 Å². The Bertz CT molecular complexity index is 878. The number of aromatic nitrogens is 1. The summed E-state index contributed by atoms with van der Waals surface area (Å²) in [7, 11) is -3.55. The molecular weight excluding hydrogens is 336 g/mol. The molecule has 1 aliphatic rings. The van der Waals surface area contributed by atoms with Crippen molar-refractivity contribution in [2.24, 2.45) is 0 Å². The van der Waals surface area contributed by atoms with Gasteiger partial charge in [0.05, 0.1) is 11.4 Å². The van der Waals surface area contributed by atoms with E-state index in [1.54, 1.807) is 4.31 Å². The number of benzene rings is 1. The third kappa shape index (κ3) is 4.19. The van der Waals surface area contributed by atoms with Gasteiger partial charge in [0.25, 0.3) is 5.56 Å². The van der Waals surface area contributed by atoms with Crippen LogP contribution < -0.4 is 5.56 Å². The van der Waals surface area contributed by atoms with Crippen LogP contribution in [-0.2, 0) is 16.6 Å². The van der Waals surface area contributed by atoms with Gasteiger partial charge >= 0.3 is 0 Å². The van der Waals surface area contributed by atoms with Crippen LogP contribution in [0.3, 0.4) is 0 Å². The van der Waals surface area contributed by atoms with E-state index in [2.05, 4.69) is 0 Å². The Labute approximate surface area is 149 Å². The van der Waals surface area contributed by atoms with Gasteiger partial charge in [-0.1, -0.05) is 42.7 Å². The van der Waals surface area contributed by atoms with Gasteiger partial charge in [0.15, 0.2) is 0 Å². The first-order valence-corrected chi connectivity index (χ1v) is 10.2. The van der Waals surface area contributed by atoms with Gasteiger partial charge in [0, 0.05) is 25.4 Å². The van der Waals surface area contributed by atoms with Crippen molar-refractivity contribution in [2.75, 3.05) is 13.1 Å². The minimum absolute atomic E-state index is 0.195. The highest BCUT2D eigenvalue weighted by atomic mass is 32.2. The molecule has 2 aromatic rings. The number of nitrogens with zero attached hydrogens (tertiary/aromatic N) is 2. The lowest BCUT2D eigenvalue weighted by Crippen LogP contribution is -2.33. The van der Waals surface area contributed by atoms with Crippen molar-refractivity contribution in [3.05, 3.63) is 64.1 Å². The zero-order valence-corrected chi connectivity index (χ0v) is 15.3. The molecule has 0 radical (unpaired) electrons. The predicted molar refractivity (Wildman–Crippen MR) is 98.2 cm³/mol. The van der Waals surface area contributed by atoms with E-state index in [0.29, 0.717) is 19.6 Å². The van der Waals surface area contributed by atoms with Crippen molar-refractivity contribution in [3.8, 4) is 0 Å². The van der Waals surface area contributed by atoms with E-state index in [0.717, 1.165) is 36.8 Å². The summed E-state index contributed by atoms with van der Waals surface area (Å²) in [5, 5.41) is 0. The van der Waals surface area contributed by atoms with Crippen molar-refractivity contribution in [1.29, 1.82) is 0 Å². The van der Waals surface area contributed by atoms with Gasteiger partial charge in [-0.2, -0.15) is 4.31 Å². The third-order valence-electron chi connectivity index (χ3n) is 4.63. The van der Waals surface area contributed by atoms with Crippen LogP contribution in [0, 0.1) is 6.92 Å². The maximum absolute atomic E-state index is 12.9. The lowest BCUT2D eigenvalue weighted by atomic mass is 10.1. The van der Waals surface area contributed by atoms with Gasteiger partial charge in [-0.3, -0.25) is 4.79 Å². The van der Waals surface area contributed by atoms with Gasteiger partial charge in [-0.15, -0.1) is 0 Å². The average Bonchev–Trinajstić information content (AvgIpc) is 2.88. The van der Waals surface area contributed by atoms with Gasteiger partial charge < -0.3 is 4.57 Å². The summed E-state index contributed by atoms with van der Waals surface area (Å²) in [5.74, 6) is 0. The third-order valence-corrected chi connectivity index (χ3v) is 6.51. The summed E-state index contributed by atoms with van der Waals surface area (Å²) < 4.78 is 28.8. The summed E-state index contributed by atoms with van der Waals surface area (Å²) in [4.78, 5) is 12.4. The molecule has 1 aliphatic heterocycles. The van der Waals surface area contributed by atoms with Crippen LogP contribution in [0.5, 0.6) is 0 Å². The molecule has 5 nitrogen and oxygen atoms in total. The number of hydrogen-bond acceptors (Lipinski definition) is 3. The fourth-order valence-electron chi connectivity index (χ4n) is 3.11. The molecule has 1 aromatic heterocycles. The molecule has 0 N–H and O–H groups in total. The molecule has 0 amide bonds. The summed E-state index contributed by atoms with van der Waals surface area (Å²) in [6, 6.07) is 10.7. The standard InChI is InChI=1S/C19H24N2O3S/c1-16-6-8-17(9-7-16)14-20-15-18(10-11-19(20)22)25(23,24)21-12-4-2-3-5-13-21/h6-11,15H,2-5,12-14H2,1H3. The quantitative estimate of drug-likeness (QED) is 0.842. The molecule has 0 atom stereocenters. The average molecular weight is 360 g/mol. The summed E-state index contributed by atoms with van der Waals surface area (Å²) in [5.41, 5.74) is 1.92. The molecule has 6 heteroatoms. The zero-order chi connectivity index (χ0) is 17.9. The van der Waals surface area contributed by atoms with E-state index in [4.69, 9.17) is 0 Å².